The van der Waals surface area contributed by atoms with Crippen LogP contribution in [0.3, 0.4) is 0 Å². The first-order chi connectivity index (χ1) is 3.81. The van der Waals surface area contributed by atoms with Gasteiger partial charge in [0.1, 0.15) is 0 Å². The minimum atomic E-state index is -1.82. The lowest BCUT2D eigenvalue weighted by Gasteiger charge is -1.85. The van der Waals surface area contributed by atoms with Crippen LogP contribution in [0.25, 0.3) is 0 Å². The predicted octanol–water partition coefficient (Wildman–Crippen LogP) is 2.03. The molecule has 0 N–H and O–H groups in total. The van der Waals surface area contributed by atoms with E-state index >= 15 is 0 Å². The third-order valence-electron chi connectivity index (χ3n) is 0.691. The minimum Gasteiger partial charge on any atom is -0.331 e. The Hall–Kier alpha value is -0.0700. The summed E-state index contributed by atoms with van der Waals surface area (Å²) in [5, 5.41) is 0. The monoisotopic (exact) mass is 134 g/mol. The van der Waals surface area contributed by atoms with Crippen LogP contribution in [0, 0.1) is 0 Å². The van der Waals surface area contributed by atoms with Gasteiger partial charge < -0.3 is 4.52 Å². The highest BCUT2D eigenvalue weighted by atomic mass is 31.1. The molecule has 2 nitrogen and oxygen atoms in total. The van der Waals surface area contributed by atoms with E-state index in [2.05, 4.69) is 4.52 Å². The minimum absolute atomic E-state index is 0.916. The summed E-state index contributed by atoms with van der Waals surface area (Å²) in [5.41, 5.74) is 0. The zero-order valence-electron chi connectivity index (χ0n) is 5.18. The van der Waals surface area contributed by atoms with E-state index in [1.807, 2.05) is 13.0 Å². The zero-order valence-corrected chi connectivity index (χ0v) is 6.18. The largest absolute Gasteiger partial charge is 0.331 e. The van der Waals surface area contributed by atoms with Gasteiger partial charge in [0.25, 0.3) is 0 Å². The van der Waals surface area contributed by atoms with Gasteiger partial charge in [-0.1, -0.05) is 13.0 Å². The van der Waals surface area contributed by atoms with Crippen molar-refractivity contribution in [3.05, 3.63) is 11.9 Å². The maximum absolute atomic E-state index is 10.4. The van der Waals surface area contributed by atoms with Gasteiger partial charge in [-0.15, -0.1) is 0 Å². The van der Waals surface area contributed by atoms with Gasteiger partial charge in [0, 0.05) is 7.11 Å². The first-order valence-corrected chi connectivity index (χ1v) is 3.95. The summed E-state index contributed by atoms with van der Waals surface area (Å²) < 4.78 is 15.0. The maximum atomic E-state index is 10.4. The van der Waals surface area contributed by atoms with Crippen molar-refractivity contribution in [2.24, 2.45) is 0 Å². The third-order valence-corrected chi connectivity index (χ3v) is 1.60. The Balaban J connectivity index is 3.37. The van der Waals surface area contributed by atoms with Crippen molar-refractivity contribution in [1.29, 1.82) is 0 Å². The van der Waals surface area contributed by atoms with Crippen molar-refractivity contribution in [3.63, 3.8) is 0 Å². The Morgan fingerprint density at radius 2 is 2.38 bits per heavy atom. The van der Waals surface area contributed by atoms with Crippen LogP contribution in [0.15, 0.2) is 11.9 Å². The van der Waals surface area contributed by atoms with E-state index in [1.165, 1.54) is 7.11 Å². The number of hydrogen-bond acceptors (Lipinski definition) is 2. The molecule has 0 aromatic heterocycles. The fourth-order valence-corrected chi connectivity index (χ4v) is 0.846. The number of rotatable bonds is 3. The molecule has 0 radical (unpaired) electrons. The summed E-state index contributed by atoms with van der Waals surface area (Å²) in [5.74, 6) is 1.60. The topological polar surface area (TPSA) is 26.3 Å². The molecule has 0 aliphatic heterocycles. The lowest BCUT2D eigenvalue weighted by molar-refractivity contribution is 0.422. The van der Waals surface area contributed by atoms with Crippen LogP contribution >= 0.6 is 8.03 Å². The van der Waals surface area contributed by atoms with Gasteiger partial charge in [0.05, 0.1) is 0 Å². The molecule has 0 aliphatic carbocycles. The van der Waals surface area contributed by atoms with Crippen LogP contribution in [-0.2, 0) is 9.09 Å². The lowest BCUT2D eigenvalue weighted by atomic mass is 10.5. The first kappa shape index (κ1) is 7.93. The van der Waals surface area contributed by atoms with Crippen LogP contribution < -0.4 is 0 Å². The van der Waals surface area contributed by atoms with E-state index in [-0.39, 0.29) is 0 Å². The van der Waals surface area contributed by atoms with Gasteiger partial charge in [0.2, 0.25) is 8.03 Å². The number of hydrogen-bond donors (Lipinski definition) is 0. The molecule has 48 valence electrons. The smallest absolute Gasteiger partial charge is 0.213 e. The van der Waals surface area contributed by atoms with E-state index in [0.717, 1.165) is 6.42 Å². The van der Waals surface area contributed by atoms with E-state index in [4.69, 9.17) is 0 Å². The van der Waals surface area contributed by atoms with Crippen LogP contribution in [0.2, 0.25) is 0 Å². The summed E-state index contributed by atoms with van der Waals surface area (Å²) in [4.78, 5) is 0. The predicted molar refractivity (Wildman–Crippen MR) is 35.4 cm³/mol. The van der Waals surface area contributed by atoms with Crippen molar-refractivity contribution in [2.45, 2.75) is 13.3 Å². The highest BCUT2D eigenvalue weighted by Crippen LogP contribution is 2.21. The van der Waals surface area contributed by atoms with Crippen LogP contribution in [0.5, 0.6) is 0 Å². The normalized spacial score (nSPS) is 14.8. The van der Waals surface area contributed by atoms with Crippen molar-refractivity contribution in [2.75, 3.05) is 7.11 Å². The first-order valence-electron chi connectivity index (χ1n) is 2.55. The summed E-state index contributed by atoms with van der Waals surface area (Å²) in [6, 6.07) is 0. The lowest BCUT2D eigenvalue weighted by Crippen LogP contribution is -1.59. The molecule has 1 unspecified atom stereocenters. The molecule has 0 aliphatic rings. The summed E-state index contributed by atoms with van der Waals surface area (Å²) in [6.07, 6.45) is 2.75. The molecule has 8 heavy (non-hydrogen) atoms. The summed E-state index contributed by atoms with van der Waals surface area (Å²) in [7, 11) is -0.376. The Morgan fingerprint density at radius 1 is 1.75 bits per heavy atom. The molecular weight excluding hydrogens is 123 g/mol. The molecule has 0 aromatic rings. The molecule has 1 atom stereocenters. The van der Waals surface area contributed by atoms with Gasteiger partial charge in [-0.05, 0) is 12.2 Å². The van der Waals surface area contributed by atoms with Gasteiger partial charge in [-0.25, -0.2) is 0 Å². The Bertz CT molecular complexity index is 98.6. The summed E-state index contributed by atoms with van der Waals surface area (Å²) in [6.45, 7) is 1.99. The van der Waals surface area contributed by atoms with Crippen molar-refractivity contribution in [1.82, 2.24) is 0 Å². The van der Waals surface area contributed by atoms with E-state index in [0.29, 0.717) is 0 Å². The van der Waals surface area contributed by atoms with Gasteiger partial charge >= 0.3 is 0 Å². The second-order valence-electron chi connectivity index (χ2n) is 1.33. The molecule has 0 saturated carbocycles. The molecule has 3 heteroatoms. The quantitative estimate of drug-likeness (QED) is 0.552. The van der Waals surface area contributed by atoms with Gasteiger partial charge in [0.15, 0.2) is 0 Å². The molecule has 0 amide bonds. The van der Waals surface area contributed by atoms with Crippen LogP contribution in [0.4, 0.5) is 0 Å². The second-order valence-corrected chi connectivity index (χ2v) is 2.71. The molecule has 0 bridgehead atoms. The highest BCUT2D eigenvalue weighted by Gasteiger charge is 1.81. The number of allylic oxidation sites excluding steroid dienone is 1. The van der Waals surface area contributed by atoms with Crippen molar-refractivity contribution >= 4 is 8.03 Å². The molecule has 0 fully saturated rings. The molecule has 0 rings (SSSR count). The highest BCUT2D eigenvalue weighted by molar-refractivity contribution is 7.42. The second kappa shape index (κ2) is 5.07. The molecule has 0 saturated heterocycles. The van der Waals surface area contributed by atoms with Gasteiger partial charge in [-0.3, -0.25) is 4.57 Å². The van der Waals surface area contributed by atoms with Gasteiger partial charge in [-0.2, -0.15) is 0 Å². The van der Waals surface area contributed by atoms with E-state index in [9.17, 15) is 4.57 Å². The molecule has 0 aromatic carbocycles. The third kappa shape index (κ3) is 4.10. The Labute approximate surface area is 50.4 Å². The Morgan fingerprint density at radius 3 is 2.75 bits per heavy atom. The fraction of sp³-hybridized carbons (Fsp3) is 0.600. The van der Waals surface area contributed by atoms with Crippen LogP contribution in [0.1, 0.15) is 13.3 Å². The maximum Gasteiger partial charge on any atom is 0.213 e. The SMILES string of the molecule is CCC=C[PH](=O)OC. The fourth-order valence-electron chi connectivity index (χ4n) is 0.282. The molecule has 0 heterocycles. The standard InChI is InChI=1S/C5H11O2P/c1-3-4-5-8(6)7-2/h4-5,8H,3H2,1-2H3. The molecule has 0 spiro atoms. The van der Waals surface area contributed by atoms with E-state index in [1.54, 1.807) is 5.82 Å². The molecular formula is C5H11O2P. The summed E-state index contributed by atoms with van der Waals surface area (Å²) >= 11 is 0. The zero-order chi connectivity index (χ0) is 6.41. The van der Waals surface area contributed by atoms with Crippen molar-refractivity contribution < 1.29 is 9.09 Å². The van der Waals surface area contributed by atoms with Crippen molar-refractivity contribution in [3.8, 4) is 0 Å². The average molecular weight is 134 g/mol. The average Bonchev–Trinajstić information content (AvgIpc) is 1.83. The van der Waals surface area contributed by atoms with Crippen LogP contribution in [-0.4, -0.2) is 7.11 Å². The Kier molecular flexibility index (Phi) is 5.03. The van der Waals surface area contributed by atoms with E-state index < -0.39 is 8.03 Å².